The Hall–Kier alpha value is -3.82. The van der Waals surface area contributed by atoms with Crippen molar-refractivity contribution in [3.05, 3.63) is 52.1 Å². The predicted octanol–water partition coefficient (Wildman–Crippen LogP) is 2.56. The molecule has 0 spiro atoms. The van der Waals surface area contributed by atoms with Gasteiger partial charge in [0, 0.05) is 6.07 Å². The minimum Gasteiger partial charge on any atom is -0.495 e. The van der Waals surface area contributed by atoms with Gasteiger partial charge in [0.05, 0.1) is 23.8 Å². The van der Waals surface area contributed by atoms with Crippen LogP contribution in [-0.4, -0.2) is 43.2 Å². The molecule has 1 aliphatic heterocycles. The van der Waals surface area contributed by atoms with Gasteiger partial charge in [-0.2, -0.15) is 0 Å². The number of para-hydroxylation sites is 2. The maximum atomic E-state index is 12.5. The molecule has 10 nitrogen and oxygen atoms in total. The predicted molar refractivity (Wildman–Crippen MR) is 101 cm³/mol. The van der Waals surface area contributed by atoms with Gasteiger partial charge in [-0.25, -0.2) is 4.79 Å². The highest BCUT2D eigenvalue weighted by Crippen LogP contribution is 2.37. The largest absolute Gasteiger partial charge is 0.495 e. The molecule has 2 aromatic carbocycles. The average Bonchev–Trinajstić information content (AvgIpc) is 2.72. The molecule has 0 aliphatic carbocycles. The van der Waals surface area contributed by atoms with Crippen LogP contribution >= 0.6 is 0 Å². The number of carbonyl (C=O) groups is 2. The summed E-state index contributed by atoms with van der Waals surface area (Å²) < 4.78 is 20.9. The molecule has 0 aromatic heterocycles. The fourth-order valence-electron chi connectivity index (χ4n) is 2.65. The van der Waals surface area contributed by atoms with Gasteiger partial charge in [-0.05, 0) is 19.1 Å². The number of esters is 1. The van der Waals surface area contributed by atoms with Crippen LogP contribution in [0.4, 0.5) is 11.4 Å². The number of nitro groups is 1. The van der Waals surface area contributed by atoms with E-state index in [1.807, 2.05) is 0 Å². The number of hydrogen-bond acceptors (Lipinski definition) is 8. The van der Waals surface area contributed by atoms with Gasteiger partial charge in [0.15, 0.2) is 17.6 Å². The molecule has 0 fully saturated rings. The molecule has 1 amide bonds. The number of ether oxygens (including phenoxy) is 4. The minimum atomic E-state index is -1.22. The maximum absolute atomic E-state index is 12.5. The summed E-state index contributed by atoms with van der Waals surface area (Å²) in [4.78, 5) is 35.5. The van der Waals surface area contributed by atoms with Crippen LogP contribution in [0.3, 0.4) is 0 Å². The molecule has 29 heavy (non-hydrogen) atoms. The van der Waals surface area contributed by atoms with Crippen LogP contribution in [0.1, 0.15) is 17.3 Å². The monoisotopic (exact) mass is 402 g/mol. The number of nitrogens with zero attached hydrogens (tertiary/aromatic N) is 1. The molecular weight excluding hydrogens is 384 g/mol. The molecule has 1 atom stereocenters. The summed E-state index contributed by atoms with van der Waals surface area (Å²) >= 11 is 0. The molecular formula is C19H18N2O8. The van der Waals surface area contributed by atoms with Crippen molar-refractivity contribution >= 4 is 23.3 Å². The van der Waals surface area contributed by atoms with Crippen molar-refractivity contribution in [3.63, 3.8) is 0 Å². The van der Waals surface area contributed by atoms with Gasteiger partial charge in [-0.15, -0.1) is 0 Å². The summed E-state index contributed by atoms with van der Waals surface area (Å²) in [7, 11) is 1.45. The first-order valence-electron chi connectivity index (χ1n) is 8.63. The second-order valence-electron chi connectivity index (χ2n) is 6.01. The zero-order valence-electron chi connectivity index (χ0n) is 15.7. The number of rotatable bonds is 6. The lowest BCUT2D eigenvalue weighted by molar-refractivity contribution is -0.385. The van der Waals surface area contributed by atoms with Crippen molar-refractivity contribution in [1.82, 2.24) is 0 Å². The summed E-state index contributed by atoms with van der Waals surface area (Å²) in [6.45, 7) is 1.84. The summed E-state index contributed by atoms with van der Waals surface area (Å²) in [6, 6.07) is 9.00. The van der Waals surface area contributed by atoms with Crippen LogP contribution in [0.2, 0.25) is 0 Å². The van der Waals surface area contributed by atoms with E-state index in [2.05, 4.69) is 5.32 Å². The second kappa shape index (κ2) is 8.46. The van der Waals surface area contributed by atoms with Crippen molar-refractivity contribution in [2.45, 2.75) is 13.0 Å². The van der Waals surface area contributed by atoms with E-state index in [1.54, 1.807) is 24.3 Å². The third-order valence-corrected chi connectivity index (χ3v) is 4.10. The quantitative estimate of drug-likeness (QED) is 0.444. The summed E-state index contributed by atoms with van der Waals surface area (Å²) in [6.07, 6.45) is -1.22. The fraction of sp³-hybridized carbons (Fsp3) is 0.263. The Morgan fingerprint density at radius 3 is 2.48 bits per heavy atom. The van der Waals surface area contributed by atoms with Crippen LogP contribution in [0.15, 0.2) is 36.4 Å². The molecule has 0 unspecified atom stereocenters. The standard InChI is InChI=1S/C19H18N2O8/c1-11(18(22)20-13-5-3-4-6-15(13)26-2)29-19(23)12-9-16-17(28-8-7-27-16)10-14(12)21(24)25/h3-6,9-11H,7-8H2,1-2H3,(H,20,22)/t11-/m0/s1. The van der Waals surface area contributed by atoms with E-state index in [9.17, 15) is 19.7 Å². The van der Waals surface area contributed by atoms with Crippen LogP contribution in [0.25, 0.3) is 0 Å². The minimum absolute atomic E-state index is 0.168. The molecule has 10 heteroatoms. The van der Waals surface area contributed by atoms with Gasteiger partial charge in [-0.3, -0.25) is 14.9 Å². The van der Waals surface area contributed by atoms with E-state index in [0.29, 0.717) is 11.4 Å². The van der Waals surface area contributed by atoms with E-state index in [4.69, 9.17) is 18.9 Å². The number of carbonyl (C=O) groups excluding carboxylic acids is 2. The molecule has 3 rings (SSSR count). The van der Waals surface area contributed by atoms with E-state index in [-0.39, 0.29) is 30.3 Å². The lowest BCUT2D eigenvalue weighted by atomic mass is 10.1. The maximum Gasteiger partial charge on any atom is 0.346 e. The molecule has 1 aliphatic rings. The molecule has 2 aromatic rings. The highest BCUT2D eigenvalue weighted by Gasteiger charge is 2.29. The van der Waals surface area contributed by atoms with Gasteiger partial charge < -0.3 is 24.3 Å². The zero-order chi connectivity index (χ0) is 21.0. The SMILES string of the molecule is COc1ccccc1NC(=O)[C@H](C)OC(=O)c1cc2c(cc1[N+](=O)[O-])OCCO2. The van der Waals surface area contributed by atoms with Gasteiger partial charge >= 0.3 is 5.97 Å². The first-order valence-corrected chi connectivity index (χ1v) is 8.63. The van der Waals surface area contributed by atoms with Crippen LogP contribution in [-0.2, 0) is 9.53 Å². The van der Waals surface area contributed by atoms with Crippen LogP contribution in [0, 0.1) is 10.1 Å². The number of nitrogens with one attached hydrogen (secondary N) is 1. The Balaban J connectivity index is 1.77. The Labute approximate surface area is 165 Å². The van der Waals surface area contributed by atoms with Crippen molar-refractivity contribution in [3.8, 4) is 17.2 Å². The molecule has 1 heterocycles. The van der Waals surface area contributed by atoms with Crippen LogP contribution < -0.4 is 19.5 Å². The molecule has 0 saturated heterocycles. The van der Waals surface area contributed by atoms with Crippen molar-refractivity contribution in [2.24, 2.45) is 0 Å². The lowest BCUT2D eigenvalue weighted by Gasteiger charge is -2.19. The summed E-state index contributed by atoms with van der Waals surface area (Å²) in [5, 5.41) is 13.9. The normalized spacial score (nSPS) is 13.2. The number of amides is 1. The average molecular weight is 402 g/mol. The Kier molecular flexibility index (Phi) is 5.82. The zero-order valence-corrected chi connectivity index (χ0v) is 15.7. The number of methoxy groups -OCH3 is 1. The third kappa shape index (κ3) is 4.37. The van der Waals surface area contributed by atoms with E-state index >= 15 is 0 Å². The Bertz CT molecular complexity index is 959. The van der Waals surface area contributed by atoms with E-state index < -0.39 is 28.6 Å². The first-order chi connectivity index (χ1) is 13.9. The van der Waals surface area contributed by atoms with Crippen LogP contribution in [0.5, 0.6) is 17.2 Å². The van der Waals surface area contributed by atoms with Gasteiger partial charge in [-0.1, -0.05) is 12.1 Å². The highest BCUT2D eigenvalue weighted by molar-refractivity contribution is 6.00. The molecule has 0 saturated carbocycles. The molecule has 1 N–H and O–H groups in total. The molecule has 0 radical (unpaired) electrons. The van der Waals surface area contributed by atoms with Crippen molar-refractivity contribution in [2.75, 3.05) is 25.6 Å². The fourth-order valence-corrected chi connectivity index (χ4v) is 2.65. The van der Waals surface area contributed by atoms with Gasteiger partial charge in [0.1, 0.15) is 24.5 Å². The van der Waals surface area contributed by atoms with Gasteiger partial charge in [0.2, 0.25) is 0 Å². The number of anilines is 1. The summed E-state index contributed by atoms with van der Waals surface area (Å²) in [5.41, 5.74) is -0.444. The number of hydrogen-bond donors (Lipinski definition) is 1. The lowest BCUT2D eigenvalue weighted by Crippen LogP contribution is -2.30. The van der Waals surface area contributed by atoms with E-state index in [1.165, 1.54) is 20.1 Å². The number of benzene rings is 2. The smallest absolute Gasteiger partial charge is 0.346 e. The number of nitro benzene ring substituents is 1. The van der Waals surface area contributed by atoms with Crippen molar-refractivity contribution in [1.29, 1.82) is 0 Å². The van der Waals surface area contributed by atoms with E-state index in [0.717, 1.165) is 6.07 Å². The second-order valence-corrected chi connectivity index (χ2v) is 6.01. The number of fused-ring (bicyclic) bond motifs is 1. The Morgan fingerprint density at radius 2 is 1.83 bits per heavy atom. The topological polar surface area (TPSA) is 126 Å². The third-order valence-electron chi connectivity index (χ3n) is 4.10. The first kappa shape index (κ1) is 19.9. The molecule has 152 valence electrons. The Morgan fingerprint density at radius 1 is 1.17 bits per heavy atom. The highest BCUT2D eigenvalue weighted by atomic mass is 16.6. The molecule has 0 bridgehead atoms. The van der Waals surface area contributed by atoms with Crippen molar-refractivity contribution < 1.29 is 33.5 Å². The summed E-state index contributed by atoms with van der Waals surface area (Å²) in [5.74, 6) is -0.859. The van der Waals surface area contributed by atoms with Gasteiger partial charge in [0.25, 0.3) is 11.6 Å².